The van der Waals surface area contributed by atoms with E-state index in [-0.39, 0.29) is 48.3 Å². The molecule has 3 saturated carbocycles. The summed E-state index contributed by atoms with van der Waals surface area (Å²) in [5, 5.41) is 0. The predicted molar refractivity (Wildman–Crippen MR) is 103 cm³/mol. The van der Waals surface area contributed by atoms with Gasteiger partial charge >= 0.3 is 0 Å². The molecule has 0 radical (unpaired) electrons. The highest BCUT2D eigenvalue weighted by Crippen LogP contribution is 2.58. The maximum Gasteiger partial charge on any atom is 0.0795 e. The van der Waals surface area contributed by atoms with Crippen LogP contribution in [-0.4, -0.2) is 19.5 Å². The van der Waals surface area contributed by atoms with E-state index in [4.69, 9.17) is 11.0 Å². The van der Waals surface area contributed by atoms with E-state index in [0.29, 0.717) is 0 Å². The zero-order valence-electron chi connectivity index (χ0n) is 21.9. The molecule has 5 rings (SSSR count). The van der Waals surface area contributed by atoms with Crippen LogP contribution in [0.3, 0.4) is 0 Å². The van der Waals surface area contributed by atoms with Gasteiger partial charge in [0.1, 0.15) is 0 Å². The number of hydrogen-bond donors (Lipinski definition) is 4. The van der Waals surface area contributed by atoms with Gasteiger partial charge < -0.3 is 0 Å². The fourth-order valence-electron chi connectivity index (χ4n) is 4.50. The van der Waals surface area contributed by atoms with Crippen molar-refractivity contribution in [3.05, 3.63) is 0 Å². The molecule has 0 aromatic carbocycles. The van der Waals surface area contributed by atoms with Crippen molar-refractivity contribution in [1.82, 2.24) is 21.7 Å². The van der Waals surface area contributed by atoms with Gasteiger partial charge in [-0.3, -0.25) is 0 Å². The molecule has 5 aliphatic rings. The lowest BCUT2D eigenvalue weighted by atomic mass is 9.90. The van der Waals surface area contributed by atoms with Crippen molar-refractivity contribution in [2.24, 2.45) is 0 Å². The summed E-state index contributed by atoms with van der Waals surface area (Å²) >= 11 is 3.30. The van der Waals surface area contributed by atoms with Crippen molar-refractivity contribution >= 4 is 23.5 Å². The predicted octanol–water partition coefficient (Wildman–Crippen LogP) is 3.96. The smallest absolute Gasteiger partial charge is 0.0795 e. The monoisotopic (exact) mass is 376 g/mol. The van der Waals surface area contributed by atoms with Gasteiger partial charge in [-0.05, 0) is 51.4 Å². The van der Waals surface area contributed by atoms with Crippen molar-refractivity contribution in [1.29, 1.82) is 0 Å². The summed E-state index contributed by atoms with van der Waals surface area (Å²) in [4.78, 5) is -1.91. The molecule has 0 amide bonds. The molecular weight excluding hydrogens is 336 g/mol. The van der Waals surface area contributed by atoms with Gasteiger partial charge in [0.2, 0.25) is 0 Å². The van der Waals surface area contributed by atoms with Crippen LogP contribution >= 0.6 is 23.5 Å². The van der Waals surface area contributed by atoms with Gasteiger partial charge in [0, 0.05) is 11.0 Å². The lowest BCUT2D eigenvalue weighted by Gasteiger charge is -2.43. The highest BCUT2D eigenvalue weighted by molar-refractivity contribution is 8.02. The first-order valence-electron chi connectivity index (χ1n) is 13.0. The summed E-state index contributed by atoms with van der Waals surface area (Å²) in [6.07, 6.45) is -2.07. The standard InChI is InChI=1S/C18H32N4S2/c1-3-7-15(8-4-1)19-21-17(23-15)11-13-18(14-12-17)22-20-16(24-18)9-5-2-6-10-16/h19-22H,1-14H2/i3D2,4D2,5D2,6D2. The molecule has 4 nitrogen and oxygen atoms in total. The van der Waals surface area contributed by atoms with E-state index in [1.54, 1.807) is 23.5 Å². The van der Waals surface area contributed by atoms with E-state index in [1.165, 1.54) is 0 Å². The Kier molecular flexibility index (Phi) is 2.56. The minimum atomic E-state index is -1.55. The van der Waals surface area contributed by atoms with E-state index >= 15 is 0 Å². The van der Waals surface area contributed by atoms with Crippen molar-refractivity contribution < 1.29 is 11.0 Å². The molecule has 0 unspecified atom stereocenters. The second-order valence-electron chi connectivity index (χ2n) is 7.74. The molecule has 136 valence electrons. The summed E-state index contributed by atoms with van der Waals surface area (Å²) in [6, 6.07) is 0. The Bertz CT molecular complexity index is 691. The largest absolute Gasteiger partial charge is 0.240 e. The number of nitrogens with one attached hydrogen (secondary N) is 4. The SMILES string of the molecule is [2H]C1([2H])CC([2H])([2H])CC2(C1)NNC1(CCC3(CC1)NNC1(CC([2H])([2H])CC([2H])([2H])C1)S3)S2. The molecule has 4 spiro atoms. The molecule has 4 N–H and O–H groups in total. The summed E-state index contributed by atoms with van der Waals surface area (Å²) in [5.41, 5.74) is 13.4. The molecule has 5 fully saturated rings. The molecule has 0 aromatic rings. The molecule has 0 atom stereocenters. The first-order chi connectivity index (χ1) is 14.5. The van der Waals surface area contributed by atoms with Crippen LogP contribution in [0.15, 0.2) is 0 Å². The lowest BCUT2D eigenvalue weighted by molar-refractivity contribution is 0.222. The second-order valence-corrected chi connectivity index (χ2v) is 11.3. The molecule has 24 heavy (non-hydrogen) atoms. The third-order valence-electron chi connectivity index (χ3n) is 5.83. The van der Waals surface area contributed by atoms with Crippen LogP contribution < -0.4 is 21.7 Å². The van der Waals surface area contributed by atoms with E-state index < -0.39 is 35.2 Å². The van der Waals surface area contributed by atoms with Crippen LogP contribution in [-0.2, 0) is 0 Å². The maximum atomic E-state index is 8.24. The first kappa shape index (κ1) is 10.2. The number of thioether (sulfide) groups is 2. The molecule has 0 bridgehead atoms. The Hall–Kier alpha value is 0.540. The average molecular weight is 377 g/mol. The van der Waals surface area contributed by atoms with E-state index in [2.05, 4.69) is 21.7 Å². The lowest BCUT2D eigenvalue weighted by Crippen LogP contribution is -2.53. The van der Waals surface area contributed by atoms with Crippen LogP contribution in [0, 0.1) is 0 Å². The molecule has 0 aromatic heterocycles. The Morgan fingerprint density at radius 2 is 0.792 bits per heavy atom. The van der Waals surface area contributed by atoms with Crippen LogP contribution in [0.1, 0.15) is 101 Å². The summed E-state index contributed by atoms with van der Waals surface area (Å²) in [6.45, 7) is 0. The molecule has 2 saturated heterocycles. The molecule has 2 aliphatic heterocycles. The molecule has 2 heterocycles. The van der Waals surface area contributed by atoms with Crippen molar-refractivity contribution in [3.63, 3.8) is 0 Å². The Morgan fingerprint density at radius 1 is 0.500 bits per heavy atom. The minimum absolute atomic E-state index is 0.0740. The van der Waals surface area contributed by atoms with Crippen LogP contribution in [0.25, 0.3) is 0 Å². The van der Waals surface area contributed by atoms with Crippen LogP contribution in [0.4, 0.5) is 0 Å². The van der Waals surface area contributed by atoms with Gasteiger partial charge in [-0.1, -0.05) is 38.3 Å². The summed E-state index contributed by atoms with van der Waals surface area (Å²) in [5.74, 6) is 0. The van der Waals surface area contributed by atoms with Gasteiger partial charge in [-0.25, -0.2) is 21.7 Å². The Morgan fingerprint density at radius 3 is 1.12 bits per heavy atom. The van der Waals surface area contributed by atoms with Gasteiger partial charge in [-0.15, -0.1) is 23.5 Å². The summed E-state index contributed by atoms with van der Waals surface area (Å²) < 4.78 is 65.9. The average Bonchev–Trinajstić information content (AvgIpc) is 3.04. The quantitative estimate of drug-likeness (QED) is 0.513. The fraction of sp³-hybridized carbons (Fsp3) is 1.00. The maximum absolute atomic E-state index is 8.24. The third kappa shape index (κ3) is 2.85. The van der Waals surface area contributed by atoms with E-state index in [9.17, 15) is 0 Å². The normalized spacial score (nSPS) is 49.3. The second kappa shape index (κ2) is 6.03. The van der Waals surface area contributed by atoms with Crippen LogP contribution in [0.5, 0.6) is 0 Å². The fourth-order valence-corrected chi connectivity index (χ4v) is 7.92. The highest BCUT2D eigenvalue weighted by atomic mass is 32.2. The molecular formula is C18H32N4S2. The zero-order valence-corrected chi connectivity index (χ0v) is 15.5. The topological polar surface area (TPSA) is 48.1 Å². The van der Waals surface area contributed by atoms with Crippen molar-refractivity contribution in [2.45, 2.75) is 109 Å². The zero-order chi connectivity index (χ0) is 23.3. The van der Waals surface area contributed by atoms with Crippen molar-refractivity contribution in [2.75, 3.05) is 0 Å². The van der Waals surface area contributed by atoms with E-state index in [0.717, 1.165) is 25.7 Å². The Labute approximate surface area is 166 Å². The first-order valence-corrected chi connectivity index (χ1v) is 10.6. The number of hydrogen-bond acceptors (Lipinski definition) is 6. The molecule has 3 aliphatic carbocycles. The van der Waals surface area contributed by atoms with Crippen LogP contribution in [0.2, 0.25) is 0 Å². The minimum Gasteiger partial charge on any atom is -0.240 e. The summed E-state index contributed by atoms with van der Waals surface area (Å²) in [7, 11) is 0. The number of hydrazine groups is 2. The number of rotatable bonds is 0. The Balaban J connectivity index is 1.27. The van der Waals surface area contributed by atoms with Gasteiger partial charge in [0.25, 0.3) is 0 Å². The van der Waals surface area contributed by atoms with Crippen molar-refractivity contribution in [3.8, 4) is 0 Å². The highest BCUT2D eigenvalue weighted by Gasteiger charge is 2.56. The van der Waals surface area contributed by atoms with E-state index in [1.807, 2.05) is 0 Å². The van der Waals surface area contributed by atoms with Gasteiger partial charge in [-0.2, -0.15) is 0 Å². The van der Waals surface area contributed by atoms with Gasteiger partial charge in [0.15, 0.2) is 0 Å². The molecule has 6 heteroatoms. The third-order valence-corrected chi connectivity index (χ3v) is 9.19. The van der Waals surface area contributed by atoms with Gasteiger partial charge in [0.05, 0.1) is 19.5 Å².